The van der Waals surface area contributed by atoms with Crippen LogP contribution in [0.25, 0.3) is 22.4 Å². The van der Waals surface area contributed by atoms with Crippen molar-refractivity contribution < 1.29 is 22.0 Å². The maximum Gasteiger partial charge on any atom is 0.255 e. The van der Waals surface area contributed by atoms with Crippen molar-refractivity contribution in [2.24, 2.45) is 0 Å². The molecule has 0 bridgehead atoms. The maximum absolute atomic E-state index is 13.5. The lowest BCUT2D eigenvalue weighted by Gasteiger charge is -2.30. The van der Waals surface area contributed by atoms with E-state index < -0.39 is 15.8 Å². The van der Waals surface area contributed by atoms with Gasteiger partial charge >= 0.3 is 0 Å². The average Bonchev–Trinajstić information content (AvgIpc) is 3.21. The molecular weight excluding hydrogens is 491 g/mol. The van der Waals surface area contributed by atoms with Crippen LogP contribution in [0.2, 0.25) is 0 Å². The van der Waals surface area contributed by atoms with Crippen LogP contribution < -0.4 is 9.62 Å². The summed E-state index contributed by atoms with van der Waals surface area (Å²) in [5.74, 6) is 1.84. The predicted molar refractivity (Wildman–Crippen MR) is 138 cm³/mol. The minimum atomic E-state index is -3.62. The lowest BCUT2D eigenvalue weighted by atomic mass is 10.0. The van der Waals surface area contributed by atoms with Gasteiger partial charge in [-0.25, -0.2) is 12.8 Å². The molecule has 188 valence electrons. The topological polar surface area (TPSA) is 95.8 Å². The molecule has 1 fully saturated rings. The number of hydrogen-bond donors (Lipinski definition) is 1. The van der Waals surface area contributed by atoms with Crippen molar-refractivity contribution in [2.45, 2.75) is 13.3 Å². The number of aryl methyl sites for hydroxylation is 1. The molecule has 1 amide bonds. The Balaban J connectivity index is 1.83. The number of thioether (sulfide) groups is 1. The Morgan fingerprint density at radius 2 is 1.94 bits per heavy atom. The number of halogens is 1. The van der Waals surface area contributed by atoms with Crippen LogP contribution in [0, 0.1) is 5.82 Å². The summed E-state index contributed by atoms with van der Waals surface area (Å²) in [4.78, 5) is 19.7. The van der Waals surface area contributed by atoms with E-state index in [0.717, 1.165) is 24.6 Å². The third kappa shape index (κ3) is 5.46. The van der Waals surface area contributed by atoms with Crippen molar-refractivity contribution in [1.82, 2.24) is 15.2 Å². The zero-order valence-electron chi connectivity index (χ0n) is 20.0. The summed E-state index contributed by atoms with van der Waals surface area (Å²) < 4.78 is 46.5. The highest BCUT2D eigenvalue weighted by Gasteiger charge is 2.28. The van der Waals surface area contributed by atoms with Gasteiger partial charge in [-0.3, -0.25) is 14.0 Å². The van der Waals surface area contributed by atoms with Crippen LogP contribution in [0.1, 0.15) is 22.8 Å². The molecule has 1 aromatic carbocycles. The molecule has 0 radical (unpaired) electrons. The van der Waals surface area contributed by atoms with E-state index in [1.807, 2.05) is 18.7 Å². The van der Waals surface area contributed by atoms with Crippen LogP contribution >= 0.6 is 11.8 Å². The minimum Gasteiger partial charge on any atom is -0.437 e. The maximum atomic E-state index is 13.5. The average molecular weight is 521 g/mol. The summed E-state index contributed by atoms with van der Waals surface area (Å²) in [5.41, 5.74) is 1.64. The lowest BCUT2D eigenvalue weighted by Crippen LogP contribution is -2.42. The molecule has 0 atom stereocenters. The van der Waals surface area contributed by atoms with E-state index >= 15 is 0 Å². The number of carbonyl (C=O) groups is 1. The molecule has 0 spiro atoms. The molecule has 1 aliphatic heterocycles. The fourth-order valence-corrected chi connectivity index (χ4v) is 6.04. The van der Waals surface area contributed by atoms with Crippen molar-refractivity contribution in [3.05, 3.63) is 47.3 Å². The smallest absolute Gasteiger partial charge is 0.255 e. The van der Waals surface area contributed by atoms with Crippen molar-refractivity contribution in [3.63, 3.8) is 0 Å². The molecule has 1 aliphatic rings. The van der Waals surface area contributed by atoms with E-state index in [1.165, 1.54) is 41.9 Å². The molecule has 35 heavy (non-hydrogen) atoms. The number of carbonyl (C=O) groups excluding carboxylic acids is 1. The van der Waals surface area contributed by atoms with Crippen LogP contribution in [0.4, 0.5) is 10.2 Å². The van der Waals surface area contributed by atoms with Gasteiger partial charge < -0.3 is 9.73 Å². The summed E-state index contributed by atoms with van der Waals surface area (Å²) in [6, 6.07) is 7.41. The van der Waals surface area contributed by atoms with E-state index in [1.54, 1.807) is 6.07 Å². The molecule has 4 rings (SSSR count). The number of rotatable bonds is 8. The summed E-state index contributed by atoms with van der Waals surface area (Å²) in [6.45, 7) is 4.62. The summed E-state index contributed by atoms with van der Waals surface area (Å²) in [6.07, 6.45) is 1.68. The Hall–Kier alpha value is -2.63. The summed E-state index contributed by atoms with van der Waals surface area (Å²) in [5, 5.41) is 3.10. The highest BCUT2D eigenvalue weighted by atomic mass is 32.2. The number of nitrogens with zero attached hydrogens (tertiary/aromatic N) is 3. The Morgan fingerprint density at radius 3 is 2.54 bits per heavy atom. The molecular formula is C24H29FN4O4S2. The van der Waals surface area contributed by atoms with Crippen LogP contribution in [-0.2, 0) is 16.4 Å². The van der Waals surface area contributed by atoms with E-state index in [9.17, 15) is 17.6 Å². The van der Waals surface area contributed by atoms with E-state index in [4.69, 9.17) is 4.42 Å². The molecule has 8 nitrogen and oxygen atoms in total. The predicted octanol–water partition coefficient (Wildman–Crippen LogP) is 3.37. The number of aromatic nitrogens is 1. The van der Waals surface area contributed by atoms with Gasteiger partial charge in [-0.05, 0) is 42.3 Å². The number of fused-ring (bicyclic) bond motifs is 1. The molecule has 0 saturated carbocycles. The number of amides is 1. The number of pyridine rings is 1. The van der Waals surface area contributed by atoms with Crippen LogP contribution in [0.5, 0.6) is 0 Å². The van der Waals surface area contributed by atoms with Crippen LogP contribution in [0.15, 0.2) is 34.7 Å². The highest BCUT2D eigenvalue weighted by Crippen LogP contribution is 2.36. The fourth-order valence-electron chi connectivity index (χ4n) is 4.17. The van der Waals surface area contributed by atoms with Crippen molar-refractivity contribution >= 4 is 44.6 Å². The standard InChI is InChI=1S/C24H29FN4O4S2/c1-4-16-15-19-20(23(30)26-2)21(17-5-7-18(25)8-6-17)33-24(19)27-22(16)29(35(3,31)32)10-9-28-11-13-34-14-12-28/h5-8,15H,4,9-14H2,1-3H3,(H,26,30). The quantitative estimate of drug-likeness (QED) is 0.487. The van der Waals surface area contributed by atoms with E-state index in [0.29, 0.717) is 35.3 Å². The number of benzene rings is 1. The second-order valence-corrected chi connectivity index (χ2v) is 11.5. The zero-order valence-corrected chi connectivity index (χ0v) is 21.6. The number of hydrogen-bond acceptors (Lipinski definition) is 7. The first-order chi connectivity index (χ1) is 16.7. The zero-order chi connectivity index (χ0) is 25.2. The van der Waals surface area contributed by atoms with Crippen molar-refractivity contribution in [2.75, 3.05) is 55.3 Å². The fraction of sp³-hybridized carbons (Fsp3) is 0.417. The monoisotopic (exact) mass is 520 g/mol. The first-order valence-corrected chi connectivity index (χ1v) is 14.5. The van der Waals surface area contributed by atoms with Gasteiger partial charge in [-0.15, -0.1) is 0 Å². The summed E-state index contributed by atoms with van der Waals surface area (Å²) in [7, 11) is -2.11. The second-order valence-electron chi connectivity index (χ2n) is 8.36. The van der Waals surface area contributed by atoms with Crippen molar-refractivity contribution in [3.8, 4) is 11.3 Å². The van der Waals surface area contributed by atoms with Crippen LogP contribution in [0.3, 0.4) is 0 Å². The lowest BCUT2D eigenvalue weighted by molar-refractivity contribution is 0.0964. The molecule has 0 aliphatic carbocycles. The highest BCUT2D eigenvalue weighted by molar-refractivity contribution is 7.99. The Morgan fingerprint density at radius 1 is 1.26 bits per heavy atom. The van der Waals surface area contributed by atoms with Gasteiger partial charge in [0.2, 0.25) is 15.7 Å². The van der Waals surface area contributed by atoms with Gasteiger partial charge in [0.05, 0.1) is 17.2 Å². The van der Waals surface area contributed by atoms with Gasteiger partial charge in [0, 0.05) is 50.3 Å². The molecule has 3 aromatic rings. The minimum absolute atomic E-state index is 0.151. The van der Waals surface area contributed by atoms with E-state index in [2.05, 4.69) is 15.2 Å². The third-order valence-corrected chi connectivity index (χ3v) is 8.14. The summed E-state index contributed by atoms with van der Waals surface area (Å²) >= 11 is 1.90. The van der Waals surface area contributed by atoms with Gasteiger partial charge in [0.1, 0.15) is 17.4 Å². The Labute approximate surface area is 208 Å². The molecule has 11 heteroatoms. The number of nitrogens with one attached hydrogen (secondary N) is 1. The van der Waals surface area contributed by atoms with Gasteiger partial charge in [-0.2, -0.15) is 16.7 Å². The Bertz CT molecular complexity index is 1320. The van der Waals surface area contributed by atoms with Crippen LogP contribution in [-0.4, -0.2) is 75.2 Å². The SMILES string of the molecule is CCc1cc2c(C(=O)NC)c(-c3ccc(F)cc3)oc2nc1N(CCN1CCSCC1)S(C)(=O)=O. The molecule has 2 aromatic heterocycles. The molecule has 1 saturated heterocycles. The van der Waals surface area contributed by atoms with Gasteiger partial charge in [-0.1, -0.05) is 6.92 Å². The first-order valence-electron chi connectivity index (χ1n) is 11.4. The number of sulfonamides is 1. The molecule has 1 N–H and O–H groups in total. The van der Waals surface area contributed by atoms with Crippen molar-refractivity contribution in [1.29, 1.82) is 0 Å². The number of anilines is 1. The largest absolute Gasteiger partial charge is 0.437 e. The second kappa shape index (κ2) is 10.5. The molecule has 3 heterocycles. The normalized spacial score (nSPS) is 14.9. The number of furan rings is 1. The van der Waals surface area contributed by atoms with Gasteiger partial charge in [0.15, 0.2) is 0 Å². The third-order valence-electron chi connectivity index (χ3n) is 6.04. The van der Waals surface area contributed by atoms with E-state index in [-0.39, 0.29) is 29.5 Å². The first kappa shape index (κ1) is 25.5. The molecule has 0 unspecified atom stereocenters. The van der Waals surface area contributed by atoms with Gasteiger partial charge in [0.25, 0.3) is 5.91 Å². The Kier molecular flexibility index (Phi) is 7.67.